The van der Waals surface area contributed by atoms with Gasteiger partial charge in [0.2, 0.25) is 0 Å². The molecule has 0 bridgehead atoms. The Balaban J connectivity index is 1.39. The molecule has 0 unspecified atom stereocenters. The van der Waals surface area contributed by atoms with Crippen LogP contribution >= 0.6 is 0 Å². The van der Waals surface area contributed by atoms with Gasteiger partial charge in [0, 0.05) is 27.1 Å². The monoisotopic (exact) mass is 761 g/mol. The van der Waals surface area contributed by atoms with Crippen LogP contribution < -0.4 is 0 Å². The third-order valence-corrected chi connectivity index (χ3v) is 11.3. The van der Waals surface area contributed by atoms with Crippen LogP contribution in [0, 0.1) is 56.7 Å². The number of nitriles is 5. The summed E-state index contributed by atoms with van der Waals surface area (Å²) in [6, 6.07) is 64.2. The summed E-state index contributed by atoms with van der Waals surface area (Å²) >= 11 is 0. The van der Waals surface area contributed by atoms with Gasteiger partial charge in [0.1, 0.15) is 0 Å². The van der Waals surface area contributed by atoms with Gasteiger partial charge in [0.05, 0.1) is 91.6 Å². The SMILES string of the molecule is N#Cc1cc(C#N)cc(-c2c(-n3c4ccccc4c4ccc(-c5ccccc5C#N)cc43)cc(C#N)cc2-n2c3ccccc3c3ccc(-c4ccccc4C#N)cc32)c1. The van der Waals surface area contributed by atoms with Crippen LogP contribution in [-0.4, -0.2) is 9.13 Å². The van der Waals surface area contributed by atoms with E-state index >= 15 is 0 Å². The van der Waals surface area contributed by atoms with Crippen molar-refractivity contribution in [1.29, 1.82) is 26.3 Å². The first kappa shape index (κ1) is 35.2. The van der Waals surface area contributed by atoms with Crippen LogP contribution in [0.1, 0.15) is 27.8 Å². The van der Waals surface area contributed by atoms with Crippen LogP contribution in [-0.2, 0) is 0 Å². The van der Waals surface area contributed by atoms with Crippen LogP contribution in [0.15, 0.2) is 164 Å². The average molecular weight is 762 g/mol. The highest BCUT2D eigenvalue weighted by Gasteiger charge is 2.25. The first-order valence-electron chi connectivity index (χ1n) is 19.1. The highest BCUT2D eigenvalue weighted by atomic mass is 15.0. The van der Waals surface area contributed by atoms with Gasteiger partial charge in [-0.25, -0.2) is 0 Å². The van der Waals surface area contributed by atoms with Crippen LogP contribution in [0.3, 0.4) is 0 Å². The quantitative estimate of drug-likeness (QED) is 0.172. The smallest absolute Gasteiger partial charge is 0.0998 e. The lowest BCUT2D eigenvalue weighted by Gasteiger charge is -2.21. The minimum atomic E-state index is 0.320. The predicted molar refractivity (Wildman–Crippen MR) is 235 cm³/mol. The summed E-state index contributed by atoms with van der Waals surface area (Å²) in [6.45, 7) is 0. The second-order valence-electron chi connectivity index (χ2n) is 14.5. The third kappa shape index (κ3) is 5.47. The van der Waals surface area contributed by atoms with E-state index in [1.54, 1.807) is 30.3 Å². The van der Waals surface area contributed by atoms with Crippen molar-refractivity contribution >= 4 is 43.6 Å². The minimum absolute atomic E-state index is 0.320. The maximum atomic E-state index is 10.8. The molecule has 2 heterocycles. The van der Waals surface area contributed by atoms with E-state index in [1.807, 2.05) is 97.1 Å². The molecule has 7 nitrogen and oxygen atoms in total. The third-order valence-electron chi connectivity index (χ3n) is 11.3. The van der Waals surface area contributed by atoms with Crippen molar-refractivity contribution in [3.8, 4) is 75.1 Å². The van der Waals surface area contributed by atoms with Crippen molar-refractivity contribution in [1.82, 2.24) is 9.13 Å². The molecular formula is C53H27N7. The van der Waals surface area contributed by atoms with Crippen molar-refractivity contribution in [2.75, 3.05) is 0 Å². The second kappa shape index (κ2) is 14.1. The molecule has 60 heavy (non-hydrogen) atoms. The van der Waals surface area contributed by atoms with Gasteiger partial charge in [0.15, 0.2) is 0 Å². The molecule has 0 N–H and O–H groups in total. The summed E-state index contributed by atoms with van der Waals surface area (Å²) in [5.74, 6) is 0. The molecule has 0 amide bonds. The summed E-state index contributed by atoms with van der Waals surface area (Å²) in [7, 11) is 0. The average Bonchev–Trinajstić information content (AvgIpc) is 3.82. The Morgan fingerprint density at radius 1 is 0.317 bits per heavy atom. The first-order chi connectivity index (χ1) is 29.5. The van der Waals surface area contributed by atoms with Crippen molar-refractivity contribution in [3.63, 3.8) is 0 Å². The first-order valence-corrected chi connectivity index (χ1v) is 19.1. The van der Waals surface area contributed by atoms with Gasteiger partial charge >= 0.3 is 0 Å². The zero-order valence-corrected chi connectivity index (χ0v) is 31.7. The Bertz CT molecular complexity index is 3450. The number of para-hydroxylation sites is 2. The molecule has 0 atom stereocenters. The van der Waals surface area contributed by atoms with E-state index in [4.69, 9.17) is 0 Å². The van der Waals surface area contributed by atoms with E-state index in [0.29, 0.717) is 50.3 Å². The molecule has 0 aliphatic heterocycles. The van der Waals surface area contributed by atoms with Crippen LogP contribution in [0.2, 0.25) is 0 Å². The van der Waals surface area contributed by atoms with E-state index in [2.05, 4.69) is 75.9 Å². The van der Waals surface area contributed by atoms with Gasteiger partial charge in [-0.1, -0.05) is 97.1 Å². The van der Waals surface area contributed by atoms with Gasteiger partial charge in [-0.15, -0.1) is 0 Å². The van der Waals surface area contributed by atoms with Crippen molar-refractivity contribution < 1.29 is 0 Å². The molecule has 10 aromatic rings. The standard InChI is InChI=1S/C53H27N7/c54-28-33-21-34(29-55)23-40(22-33)53-51(59-47-15-7-5-13-43(47)45-19-17-36(26-49(45)59)41-11-3-1-9-38(41)31-57)24-35(30-56)25-52(53)60-48-16-8-6-14-44(48)46-20-18-37(27-50(46)60)42-12-4-2-10-39(42)32-58/h1-27H. The topological polar surface area (TPSA) is 129 Å². The normalized spacial score (nSPS) is 10.9. The highest BCUT2D eigenvalue weighted by molar-refractivity contribution is 6.13. The van der Waals surface area contributed by atoms with Crippen LogP contribution in [0.4, 0.5) is 0 Å². The second-order valence-corrected chi connectivity index (χ2v) is 14.5. The van der Waals surface area contributed by atoms with Gasteiger partial charge in [-0.05, 0) is 94.5 Å². The molecule has 10 rings (SSSR count). The summed E-state index contributed by atoms with van der Waals surface area (Å²) in [5.41, 5.74) is 11.5. The van der Waals surface area contributed by atoms with Gasteiger partial charge in [0.25, 0.3) is 0 Å². The Morgan fingerprint density at radius 2 is 0.717 bits per heavy atom. The van der Waals surface area contributed by atoms with E-state index in [1.165, 1.54) is 0 Å². The van der Waals surface area contributed by atoms with E-state index in [9.17, 15) is 26.3 Å². The molecule has 0 saturated carbocycles. The number of nitrogens with zero attached hydrogens (tertiary/aromatic N) is 7. The molecule has 0 saturated heterocycles. The summed E-state index contributed by atoms with van der Waals surface area (Å²) in [4.78, 5) is 0. The lowest BCUT2D eigenvalue weighted by Crippen LogP contribution is -2.05. The van der Waals surface area contributed by atoms with E-state index in [0.717, 1.165) is 65.9 Å². The minimum Gasteiger partial charge on any atom is -0.308 e. The Morgan fingerprint density at radius 3 is 1.17 bits per heavy atom. The Labute approximate surface area is 344 Å². The molecule has 7 heteroatoms. The zero-order valence-electron chi connectivity index (χ0n) is 31.7. The number of rotatable bonds is 5. The molecule has 8 aromatic carbocycles. The molecule has 0 aliphatic rings. The largest absolute Gasteiger partial charge is 0.308 e. The van der Waals surface area contributed by atoms with Crippen molar-refractivity contribution in [2.45, 2.75) is 0 Å². The lowest BCUT2D eigenvalue weighted by molar-refractivity contribution is 1.13. The number of fused-ring (bicyclic) bond motifs is 6. The maximum absolute atomic E-state index is 10.8. The zero-order chi connectivity index (χ0) is 40.9. The molecule has 2 aromatic heterocycles. The lowest BCUT2D eigenvalue weighted by atomic mass is 9.95. The number of hydrogen-bond donors (Lipinski definition) is 0. The van der Waals surface area contributed by atoms with Crippen molar-refractivity contribution in [2.24, 2.45) is 0 Å². The summed E-state index contributed by atoms with van der Waals surface area (Å²) < 4.78 is 4.30. The fourth-order valence-corrected chi connectivity index (χ4v) is 8.69. The fraction of sp³-hybridized carbons (Fsp3) is 0. The molecular weight excluding hydrogens is 735 g/mol. The van der Waals surface area contributed by atoms with E-state index in [-0.39, 0.29) is 0 Å². The number of aromatic nitrogens is 2. The van der Waals surface area contributed by atoms with Crippen LogP contribution in [0.5, 0.6) is 0 Å². The van der Waals surface area contributed by atoms with Gasteiger partial charge < -0.3 is 9.13 Å². The molecule has 0 spiro atoms. The van der Waals surface area contributed by atoms with E-state index < -0.39 is 0 Å². The van der Waals surface area contributed by atoms with Gasteiger partial charge in [-0.3, -0.25) is 0 Å². The van der Waals surface area contributed by atoms with Crippen LogP contribution in [0.25, 0.3) is 88.4 Å². The summed E-state index contributed by atoms with van der Waals surface area (Å²) in [6.07, 6.45) is 0. The Kier molecular flexibility index (Phi) is 8.27. The summed E-state index contributed by atoms with van der Waals surface area (Å²) in [5, 5.41) is 55.5. The maximum Gasteiger partial charge on any atom is 0.0998 e. The van der Waals surface area contributed by atoms with Gasteiger partial charge in [-0.2, -0.15) is 26.3 Å². The molecule has 0 radical (unpaired) electrons. The number of hydrogen-bond acceptors (Lipinski definition) is 5. The highest BCUT2D eigenvalue weighted by Crippen LogP contribution is 2.44. The molecule has 0 fully saturated rings. The Hall–Kier alpha value is -9.19. The number of benzene rings is 8. The molecule has 274 valence electrons. The fourth-order valence-electron chi connectivity index (χ4n) is 8.69. The predicted octanol–water partition coefficient (Wildman–Crippen LogP) is 12.2. The van der Waals surface area contributed by atoms with Crippen molar-refractivity contribution in [3.05, 3.63) is 192 Å². The molecule has 0 aliphatic carbocycles.